The first kappa shape index (κ1) is 45.7. The third kappa shape index (κ3) is 17.7. The predicted molar refractivity (Wildman–Crippen MR) is 186 cm³/mol. The van der Waals surface area contributed by atoms with Crippen molar-refractivity contribution in [3.8, 4) is 0 Å². The summed E-state index contributed by atoms with van der Waals surface area (Å²) in [5.74, 6) is -11.6. The minimum absolute atomic E-state index is 0.0313. The molecule has 0 aromatic heterocycles. The maximum absolute atomic E-state index is 13.4. The highest BCUT2D eigenvalue weighted by molar-refractivity contribution is 5.98. The van der Waals surface area contributed by atoms with Gasteiger partial charge in [-0.05, 0) is 25.3 Å². The lowest BCUT2D eigenvalue weighted by Crippen LogP contribution is -2.60. The monoisotopic (exact) mass is 766 g/mol. The number of aliphatic imine (C=N–C) groups is 1. The van der Waals surface area contributed by atoms with Gasteiger partial charge in [0.1, 0.15) is 30.2 Å². The molecule has 0 saturated heterocycles. The van der Waals surface area contributed by atoms with Gasteiger partial charge in [-0.25, -0.2) is 4.79 Å². The van der Waals surface area contributed by atoms with E-state index in [1.807, 2.05) is 10.6 Å². The second-order valence-electron chi connectivity index (χ2n) is 11.7. The SMILES string of the molecule is C[C@@H](O)[C@H](NC(=O)CNC(=O)CN)C(=O)N[C@@H](CC(=O)O)C(=O)N[C@@H](CC(=O)O)C(=O)N[C@@H](CCCN=C(N)N)C(=O)N[C@@H](Cc1ccccc1)C(=O)O. The molecule has 1 aromatic rings. The lowest BCUT2D eigenvalue weighted by Gasteiger charge is -2.26. The number of hydrogen-bond donors (Lipinski definition) is 13. The van der Waals surface area contributed by atoms with Crippen LogP contribution in [-0.4, -0.2) is 136 Å². The van der Waals surface area contributed by atoms with E-state index in [1.165, 1.54) is 0 Å². The van der Waals surface area contributed by atoms with Gasteiger partial charge < -0.3 is 69.5 Å². The van der Waals surface area contributed by atoms with Gasteiger partial charge in [0.05, 0.1) is 32.0 Å². The molecule has 16 N–H and O–H groups in total. The summed E-state index contributed by atoms with van der Waals surface area (Å²) in [4.78, 5) is 116. The Morgan fingerprint density at radius 1 is 0.704 bits per heavy atom. The molecule has 0 unspecified atom stereocenters. The van der Waals surface area contributed by atoms with E-state index in [0.29, 0.717) is 5.56 Å². The van der Waals surface area contributed by atoms with Gasteiger partial charge in [-0.15, -0.1) is 0 Å². The Morgan fingerprint density at radius 3 is 1.69 bits per heavy atom. The first-order valence-electron chi connectivity index (χ1n) is 16.3. The summed E-state index contributed by atoms with van der Waals surface area (Å²) in [5, 5.41) is 51.6. The highest BCUT2D eigenvalue weighted by atomic mass is 16.4. The van der Waals surface area contributed by atoms with Gasteiger partial charge in [-0.2, -0.15) is 0 Å². The molecule has 6 amide bonds. The van der Waals surface area contributed by atoms with Crippen LogP contribution in [0.5, 0.6) is 0 Å². The summed E-state index contributed by atoms with van der Waals surface area (Å²) in [6.45, 7) is -0.0638. The average Bonchev–Trinajstić information content (AvgIpc) is 3.09. The summed E-state index contributed by atoms with van der Waals surface area (Å²) in [6.07, 6.45) is -4.16. The lowest BCUT2D eigenvalue weighted by atomic mass is 10.0. The largest absolute Gasteiger partial charge is 0.481 e. The standard InChI is InChI=1S/C31H46N10O13/c1-15(42)25(41-22(44)14-36-21(43)13-32)29(52)39-19(12-24(47)48)28(51)38-18(11-23(45)46)27(50)37-17(8-5-9-35-31(33)34)26(49)40-20(30(53)54)10-16-6-3-2-4-7-16/h2-4,6-7,15,17-20,25,42H,5,8-14,32H2,1H3,(H,36,43)(H,37,50)(H,38,51)(H,39,52)(H,40,49)(H,41,44)(H,45,46)(H,47,48)(H,53,54)(H4,33,34,35)/t15-,17+,18+,19+,20+,25+/m1/s1. The minimum atomic E-state index is -2.01. The molecule has 0 aliphatic carbocycles. The number of nitrogens with one attached hydrogen (secondary N) is 6. The molecule has 0 bridgehead atoms. The zero-order valence-corrected chi connectivity index (χ0v) is 29.2. The quantitative estimate of drug-likeness (QED) is 0.0265. The zero-order chi connectivity index (χ0) is 41.0. The average molecular weight is 767 g/mol. The Morgan fingerprint density at radius 2 is 1.20 bits per heavy atom. The number of carboxylic acid groups (broad SMARTS) is 3. The number of nitrogens with zero attached hydrogens (tertiary/aromatic N) is 1. The van der Waals surface area contributed by atoms with E-state index in [2.05, 4.69) is 26.3 Å². The number of carbonyl (C=O) groups excluding carboxylic acids is 6. The molecule has 1 rings (SSSR count). The number of aliphatic hydroxyl groups is 1. The van der Waals surface area contributed by atoms with Crippen molar-refractivity contribution in [2.24, 2.45) is 22.2 Å². The van der Waals surface area contributed by atoms with E-state index in [0.717, 1.165) is 6.92 Å². The van der Waals surface area contributed by atoms with Gasteiger partial charge in [0.2, 0.25) is 35.4 Å². The van der Waals surface area contributed by atoms with Crippen LogP contribution < -0.4 is 49.1 Å². The predicted octanol–water partition coefficient (Wildman–Crippen LogP) is -5.80. The number of carboxylic acids is 3. The van der Waals surface area contributed by atoms with Gasteiger partial charge in [-0.3, -0.25) is 43.3 Å². The molecule has 298 valence electrons. The van der Waals surface area contributed by atoms with Crippen LogP contribution in [0.1, 0.15) is 38.2 Å². The van der Waals surface area contributed by atoms with E-state index in [1.54, 1.807) is 30.3 Å². The van der Waals surface area contributed by atoms with Gasteiger partial charge in [0.25, 0.3) is 0 Å². The first-order chi connectivity index (χ1) is 25.3. The van der Waals surface area contributed by atoms with Crippen molar-refractivity contribution in [2.45, 2.75) is 75.3 Å². The van der Waals surface area contributed by atoms with Crippen molar-refractivity contribution >= 4 is 59.3 Å². The highest BCUT2D eigenvalue weighted by Crippen LogP contribution is 2.07. The lowest BCUT2D eigenvalue weighted by molar-refractivity contribution is -0.144. The van der Waals surface area contributed by atoms with Crippen LogP contribution in [0, 0.1) is 0 Å². The molecule has 23 heteroatoms. The van der Waals surface area contributed by atoms with Crippen molar-refractivity contribution < 1.29 is 63.6 Å². The van der Waals surface area contributed by atoms with Gasteiger partial charge in [0.15, 0.2) is 5.96 Å². The zero-order valence-electron chi connectivity index (χ0n) is 29.2. The fraction of sp³-hybridized carbons (Fsp3) is 0.484. The van der Waals surface area contributed by atoms with E-state index in [9.17, 15) is 63.6 Å². The van der Waals surface area contributed by atoms with Crippen LogP contribution >= 0.6 is 0 Å². The molecule has 0 spiro atoms. The Kier molecular flexibility index (Phi) is 19.7. The number of rotatable bonds is 24. The van der Waals surface area contributed by atoms with Crippen molar-refractivity contribution in [2.75, 3.05) is 19.6 Å². The highest BCUT2D eigenvalue weighted by Gasteiger charge is 2.35. The number of benzene rings is 1. The Balaban J connectivity index is 3.27. The fourth-order valence-electron chi connectivity index (χ4n) is 4.55. The molecule has 0 heterocycles. The van der Waals surface area contributed by atoms with Gasteiger partial charge in [0, 0.05) is 13.0 Å². The molecular weight excluding hydrogens is 720 g/mol. The molecule has 0 saturated carbocycles. The van der Waals surface area contributed by atoms with E-state index >= 15 is 0 Å². The van der Waals surface area contributed by atoms with Crippen molar-refractivity contribution in [1.82, 2.24) is 31.9 Å². The molecule has 6 atom stereocenters. The van der Waals surface area contributed by atoms with Crippen LogP contribution in [0.2, 0.25) is 0 Å². The molecule has 0 aliphatic heterocycles. The van der Waals surface area contributed by atoms with Crippen LogP contribution in [0.4, 0.5) is 0 Å². The number of carbonyl (C=O) groups is 9. The second-order valence-corrected chi connectivity index (χ2v) is 11.7. The summed E-state index contributed by atoms with van der Waals surface area (Å²) < 4.78 is 0. The Hall–Kier alpha value is -6.36. The molecule has 23 nitrogen and oxygen atoms in total. The van der Waals surface area contributed by atoms with Gasteiger partial charge in [-0.1, -0.05) is 30.3 Å². The third-order valence-corrected chi connectivity index (χ3v) is 7.21. The molecule has 54 heavy (non-hydrogen) atoms. The Bertz CT molecular complexity index is 1540. The normalized spacial score (nSPS) is 13.9. The molecule has 0 aliphatic rings. The van der Waals surface area contributed by atoms with Gasteiger partial charge >= 0.3 is 17.9 Å². The Labute approximate surface area is 307 Å². The smallest absolute Gasteiger partial charge is 0.326 e. The fourth-order valence-corrected chi connectivity index (χ4v) is 4.55. The summed E-state index contributed by atoms with van der Waals surface area (Å²) in [7, 11) is 0. The first-order valence-corrected chi connectivity index (χ1v) is 16.3. The summed E-state index contributed by atoms with van der Waals surface area (Å²) in [5.41, 5.74) is 16.3. The molecule has 0 radical (unpaired) electrons. The number of amides is 6. The number of nitrogens with two attached hydrogens (primary N) is 3. The molecular formula is C31H46N10O13. The number of aliphatic carboxylic acids is 3. The summed E-state index contributed by atoms with van der Waals surface area (Å²) >= 11 is 0. The van der Waals surface area contributed by atoms with E-state index < -0.39 is 116 Å². The van der Waals surface area contributed by atoms with E-state index in [-0.39, 0.29) is 31.8 Å². The maximum Gasteiger partial charge on any atom is 0.326 e. The minimum Gasteiger partial charge on any atom is -0.481 e. The van der Waals surface area contributed by atoms with Crippen LogP contribution in [0.15, 0.2) is 35.3 Å². The second kappa shape index (κ2) is 23.3. The third-order valence-electron chi connectivity index (χ3n) is 7.21. The number of hydrogen-bond acceptors (Lipinski definition) is 12. The van der Waals surface area contributed by atoms with Crippen LogP contribution in [-0.2, 0) is 49.6 Å². The van der Waals surface area contributed by atoms with Crippen molar-refractivity contribution in [1.29, 1.82) is 0 Å². The number of aliphatic hydroxyl groups excluding tert-OH is 1. The van der Waals surface area contributed by atoms with Crippen molar-refractivity contribution in [3.63, 3.8) is 0 Å². The molecule has 1 aromatic carbocycles. The van der Waals surface area contributed by atoms with Crippen molar-refractivity contribution in [3.05, 3.63) is 35.9 Å². The number of guanidine groups is 1. The van der Waals surface area contributed by atoms with E-state index in [4.69, 9.17) is 17.2 Å². The van der Waals surface area contributed by atoms with Crippen LogP contribution in [0.3, 0.4) is 0 Å². The topological polar surface area (TPSA) is 397 Å². The summed E-state index contributed by atoms with van der Waals surface area (Å²) in [6, 6.07) is -0.521. The van der Waals surface area contributed by atoms with Crippen LogP contribution in [0.25, 0.3) is 0 Å². The maximum atomic E-state index is 13.4. The molecule has 0 fully saturated rings.